The summed E-state index contributed by atoms with van der Waals surface area (Å²) in [7, 11) is -4.08. The number of anilines is 1. The van der Waals surface area contributed by atoms with Crippen LogP contribution in [-0.2, 0) is 19.6 Å². The van der Waals surface area contributed by atoms with Gasteiger partial charge in [-0.05, 0) is 69.2 Å². The van der Waals surface area contributed by atoms with Gasteiger partial charge in [0.15, 0.2) is 0 Å². The molecular formula is C26H28FN3O6S. The van der Waals surface area contributed by atoms with Crippen molar-refractivity contribution in [1.82, 2.24) is 9.88 Å². The summed E-state index contributed by atoms with van der Waals surface area (Å²) in [4.78, 5) is 42.7. The summed E-state index contributed by atoms with van der Waals surface area (Å²) in [5.74, 6) is -1.54. The number of hydrogen-bond acceptors (Lipinski definition) is 6. The van der Waals surface area contributed by atoms with E-state index in [1.165, 1.54) is 53.6 Å². The maximum Gasteiger partial charge on any atom is 0.309 e. The van der Waals surface area contributed by atoms with Crippen molar-refractivity contribution in [3.63, 3.8) is 0 Å². The van der Waals surface area contributed by atoms with Gasteiger partial charge in [0.1, 0.15) is 11.4 Å². The molecule has 1 saturated heterocycles. The van der Waals surface area contributed by atoms with Crippen molar-refractivity contribution in [2.45, 2.75) is 31.6 Å². The van der Waals surface area contributed by atoms with Gasteiger partial charge in [-0.2, -0.15) is 0 Å². The average molecular weight is 530 g/mol. The van der Waals surface area contributed by atoms with Gasteiger partial charge in [0.05, 0.1) is 23.1 Å². The molecule has 0 aliphatic carbocycles. The Morgan fingerprint density at radius 1 is 1.11 bits per heavy atom. The van der Waals surface area contributed by atoms with Gasteiger partial charge in [-0.3, -0.25) is 18.7 Å². The third kappa shape index (κ3) is 5.22. The standard InChI is InChI=1S/C26H28FN3O6S/c1-3-30(19-7-5-18(27)6-8-19)37(34,35)20-9-10-23-21(15-20)24(31)22(16-28-23)25(32)29-13-11-17(12-14-29)26(33)36-4-2/h5-10,15-17H,3-4,11-14H2,1-2H3,(H,28,31). The van der Waals surface area contributed by atoms with E-state index in [1.807, 2.05) is 0 Å². The van der Waals surface area contributed by atoms with Crippen LogP contribution in [0.4, 0.5) is 10.1 Å². The molecule has 11 heteroatoms. The number of H-pyrrole nitrogens is 1. The van der Waals surface area contributed by atoms with E-state index in [0.29, 0.717) is 38.1 Å². The summed E-state index contributed by atoms with van der Waals surface area (Å²) in [5, 5.41) is 0.0588. The van der Waals surface area contributed by atoms with Crippen molar-refractivity contribution in [1.29, 1.82) is 0 Å². The predicted molar refractivity (Wildman–Crippen MR) is 136 cm³/mol. The SMILES string of the molecule is CCOC(=O)C1CCN(C(=O)c2c[nH]c3ccc(S(=O)(=O)N(CC)c4ccc(F)cc4)cc3c2=O)CC1. The fourth-order valence-electron chi connectivity index (χ4n) is 4.49. The number of nitrogens with zero attached hydrogens (tertiary/aromatic N) is 2. The third-order valence-electron chi connectivity index (χ3n) is 6.47. The number of likely N-dealkylation sites (tertiary alicyclic amines) is 1. The number of hydrogen-bond donors (Lipinski definition) is 1. The zero-order valence-electron chi connectivity index (χ0n) is 20.6. The Bertz CT molecular complexity index is 1480. The average Bonchev–Trinajstić information content (AvgIpc) is 2.90. The molecule has 0 atom stereocenters. The topological polar surface area (TPSA) is 117 Å². The van der Waals surface area contributed by atoms with Crippen LogP contribution in [0.1, 0.15) is 37.0 Å². The lowest BCUT2D eigenvalue weighted by Gasteiger charge is -2.30. The molecule has 1 aliphatic heterocycles. The smallest absolute Gasteiger partial charge is 0.309 e. The highest BCUT2D eigenvalue weighted by Crippen LogP contribution is 2.26. The first-order chi connectivity index (χ1) is 17.7. The minimum absolute atomic E-state index is 0.0588. The highest BCUT2D eigenvalue weighted by atomic mass is 32.2. The van der Waals surface area contributed by atoms with Crippen LogP contribution in [0, 0.1) is 11.7 Å². The summed E-state index contributed by atoms with van der Waals surface area (Å²) in [6.45, 7) is 4.37. The molecule has 0 radical (unpaired) electrons. The maximum absolute atomic E-state index is 13.4. The minimum Gasteiger partial charge on any atom is -0.466 e. The Balaban J connectivity index is 1.63. The number of rotatable bonds is 7. The second-order valence-electron chi connectivity index (χ2n) is 8.70. The zero-order chi connectivity index (χ0) is 26.7. The number of halogens is 1. The molecule has 0 spiro atoms. The molecule has 2 heterocycles. The molecule has 1 amide bonds. The van der Waals surface area contributed by atoms with E-state index >= 15 is 0 Å². The second kappa shape index (κ2) is 10.7. The van der Waals surface area contributed by atoms with Gasteiger partial charge >= 0.3 is 5.97 Å². The van der Waals surface area contributed by atoms with Gasteiger partial charge in [-0.1, -0.05) is 0 Å². The van der Waals surface area contributed by atoms with Crippen LogP contribution in [0.15, 0.2) is 58.4 Å². The number of fused-ring (bicyclic) bond motifs is 1. The van der Waals surface area contributed by atoms with Gasteiger partial charge < -0.3 is 14.6 Å². The number of carbonyl (C=O) groups excluding carboxylic acids is 2. The molecule has 4 rings (SSSR count). The molecule has 1 fully saturated rings. The fraction of sp³-hybridized carbons (Fsp3) is 0.346. The largest absolute Gasteiger partial charge is 0.466 e. The Hall–Kier alpha value is -3.73. The van der Waals surface area contributed by atoms with Crippen molar-refractivity contribution in [3.8, 4) is 0 Å². The summed E-state index contributed by atoms with van der Waals surface area (Å²) in [6.07, 6.45) is 2.21. The number of esters is 1. The van der Waals surface area contributed by atoms with Crippen LogP contribution in [0.3, 0.4) is 0 Å². The molecule has 1 aliphatic rings. The Labute approximate surface area is 213 Å². The molecule has 9 nitrogen and oxygen atoms in total. The van der Waals surface area contributed by atoms with Crippen LogP contribution < -0.4 is 9.73 Å². The van der Waals surface area contributed by atoms with E-state index < -0.39 is 27.2 Å². The van der Waals surface area contributed by atoms with Crippen molar-refractivity contribution >= 4 is 38.5 Å². The third-order valence-corrected chi connectivity index (χ3v) is 8.37. The van der Waals surface area contributed by atoms with Crippen molar-refractivity contribution in [2.75, 3.05) is 30.5 Å². The lowest BCUT2D eigenvalue weighted by Crippen LogP contribution is -2.42. The molecule has 0 bridgehead atoms. The number of ether oxygens (including phenoxy) is 1. The molecule has 3 aromatic rings. The summed E-state index contributed by atoms with van der Waals surface area (Å²) in [5.41, 5.74) is -0.0323. The molecular weight excluding hydrogens is 501 g/mol. The van der Waals surface area contributed by atoms with E-state index in [2.05, 4.69) is 4.98 Å². The monoisotopic (exact) mass is 529 g/mol. The number of aromatic nitrogens is 1. The Morgan fingerprint density at radius 3 is 2.41 bits per heavy atom. The fourth-order valence-corrected chi connectivity index (χ4v) is 5.99. The van der Waals surface area contributed by atoms with Crippen molar-refractivity contribution in [3.05, 3.63) is 70.3 Å². The van der Waals surface area contributed by atoms with Crippen molar-refractivity contribution < 1.29 is 27.1 Å². The number of piperidine rings is 1. The number of carbonyl (C=O) groups is 2. The van der Waals surface area contributed by atoms with E-state index in [9.17, 15) is 27.2 Å². The van der Waals surface area contributed by atoms with E-state index in [0.717, 1.165) is 4.31 Å². The molecule has 0 unspecified atom stereocenters. The highest BCUT2D eigenvalue weighted by molar-refractivity contribution is 7.92. The lowest BCUT2D eigenvalue weighted by atomic mass is 9.96. The van der Waals surface area contributed by atoms with Crippen LogP contribution in [0.5, 0.6) is 0 Å². The van der Waals surface area contributed by atoms with Gasteiger partial charge in [0, 0.05) is 36.7 Å². The number of benzene rings is 2. The lowest BCUT2D eigenvalue weighted by molar-refractivity contribution is -0.149. The highest BCUT2D eigenvalue weighted by Gasteiger charge is 2.30. The molecule has 0 saturated carbocycles. The van der Waals surface area contributed by atoms with Crippen LogP contribution in [0.25, 0.3) is 10.9 Å². The van der Waals surface area contributed by atoms with E-state index in [4.69, 9.17) is 4.74 Å². The van der Waals surface area contributed by atoms with Gasteiger partial charge in [0.25, 0.3) is 15.9 Å². The summed E-state index contributed by atoms with van der Waals surface area (Å²) < 4.78 is 46.4. The van der Waals surface area contributed by atoms with Gasteiger partial charge in [0.2, 0.25) is 5.43 Å². The van der Waals surface area contributed by atoms with Crippen LogP contribution >= 0.6 is 0 Å². The van der Waals surface area contributed by atoms with Crippen molar-refractivity contribution in [2.24, 2.45) is 5.92 Å². The molecule has 1 N–H and O–H groups in total. The van der Waals surface area contributed by atoms with E-state index in [-0.39, 0.29) is 40.0 Å². The first-order valence-electron chi connectivity index (χ1n) is 12.1. The first-order valence-corrected chi connectivity index (χ1v) is 13.5. The number of pyridine rings is 1. The number of amides is 1. The Morgan fingerprint density at radius 2 is 1.78 bits per heavy atom. The molecule has 1 aromatic heterocycles. The number of sulfonamides is 1. The molecule has 2 aromatic carbocycles. The second-order valence-corrected chi connectivity index (χ2v) is 10.6. The molecule has 196 valence electrons. The predicted octanol–water partition coefficient (Wildman–Crippen LogP) is 3.30. The Kier molecular flexibility index (Phi) is 7.63. The molecule has 37 heavy (non-hydrogen) atoms. The van der Waals surface area contributed by atoms with Gasteiger partial charge in [-0.15, -0.1) is 0 Å². The number of aromatic amines is 1. The quantitative estimate of drug-likeness (QED) is 0.470. The van der Waals surface area contributed by atoms with Crippen LogP contribution in [0.2, 0.25) is 0 Å². The van der Waals surface area contributed by atoms with E-state index in [1.54, 1.807) is 13.8 Å². The summed E-state index contributed by atoms with van der Waals surface area (Å²) in [6, 6.07) is 9.18. The maximum atomic E-state index is 13.4. The number of nitrogens with one attached hydrogen (secondary N) is 1. The minimum atomic E-state index is -4.08. The normalized spacial score (nSPS) is 14.5. The van der Waals surface area contributed by atoms with Crippen LogP contribution in [-0.4, -0.2) is 56.4 Å². The zero-order valence-corrected chi connectivity index (χ0v) is 21.4. The van der Waals surface area contributed by atoms with Gasteiger partial charge in [-0.25, -0.2) is 12.8 Å². The first kappa shape index (κ1) is 26.3. The summed E-state index contributed by atoms with van der Waals surface area (Å²) >= 11 is 0.